The summed E-state index contributed by atoms with van der Waals surface area (Å²) in [5, 5.41) is 7.70. The van der Waals surface area contributed by atoms with Crippen molar-refractivity contribution in [3.05, 3.63) is 33.2 Å². The summed E-state index contributed by atoms with van der Waals surface area (Å²) in [6.45, 7) is 2.22. The number of benzene rings is 1. The van der Waals surface area contributed by atoms with Gasteiger partial charge >= 0.3 is 5.97 Å². The van der Waals surface area contributed by atoms with E-state index in [1.165, 1.54) is 19.1 Å². The van der Waals surface area contributed by atoms with Crippen molar-refractivity contribution in [2.45, 2.75) is 26.2 Å². The van der Waals surface area contributed by atoms with Crippen molar-refractivity contribution in [3.63, 3.8) is 0 Å². The number of ether oxygens (including phenoxy) is 3. The Morgan fingerprint density at radius 2 is 1.93 bits per heavy atom. The third kappa shape index (κ3) is 4.60. The molecule has 1 aliphatic rings. The Morgan fingerprint density at radius 3 is 2.59 bits per heavy atom. The minimum absolute atomic E-state index is 0.324. The maximum atomic E-state index is 12.4. The van der Waals surface area contributed by atoms with E-state index >= 15 is 0 Å². The quantitative estimate of drug-likeness (QED) is 0.478. The zero-order valence-electron chi connectivity index (χ0n) is 16.7. The van der Waals surface area contributed by atoms with Crippen molar-refractivity contribution in [2.24, 2.45) is 5.92 Å². The molecule has 0 aliphatic heterocycles. The molecule has 1 aromatic heterocycles. The van der Waals surface area contributed by atoms with Gasteiger partial charge in [0.05, 0.1) is 37.6 Å². The molecule has 0 amide bonds. The molecule has 0 fully saturated rings. The van der Waals surface area contributed by atoms with Crippen molar-refractivity contribution < 1.29 is 19.0 Å². The number of hydrogen-bond acceptors (Lipinski definition) is 6. The summed E-state index contributed by atoms with van der Waals surface area (Å²) >= 11 is 13.2. The molecule has 2 N–H and O–H groups in total. The lowest BCUT2D eigenvalue weighted by Gasteiger charge is -2.18. The van der Waals surface area contributed by atoms with E-state index in [0.29, 0.717) is 43.8 Å². The van der Waals surface area contributed by atoms with Crippen LogP contribution in [0.5, 0.6) is 11.5 Å². The van der Waals surface area contributed by atoms with E-state index in [1.807, 2.05) is 0 Å². The van der Waals surface area contributed by atoms with Crippen molar-refractivity contribution in [2.75, 3.05) is 32.0 Å². The summed E-state index contributed by atoms with van der Waals surface area (Å²) < 4.78 is 15.7. The Kier molecular flexibility index (Phi) is 6.87. The summed E-state index contributed by atoms with van der Waals surface area (Å²) in [6, 6.07) is 3.36. The van der Waals surface area contributed by atoms with Crippen LogP contribution in [0.2, 0.25) is 5.02 Å². The third-order valence-electron chi connectivity index (χ3n) is 4.85. The van der Waals surface area contributed by atoms with Gasteiger partial charge in [0.15, 0.2) is 5.11 Å². The van der Waals surface area contributed by atoms with Crippen molar-refractivity contribution in [1.82, 2.24) is 0 Å². The first-order valence-electron chi connectivity index (χ1n) is 9.10. The van der Waals surface area contributed by atoms with Crippen LogP contribution in [0.4, 0.5) is 10.7 Å². The van der Waals surface area contributed by atoms with Gasteiger partial charge in [-0.1, -0.05) is 18.5 Å². The number of fused-ring (bicyclic) bond motifs is 1. The molecule has 1 heterocycles. The Labute approximate surface area is 184 Å². The van der Waals surface area contributed by atoms with Crippen molar-refractivity contribution in [3.8, 4) is 11.5 Å². The molecular formula is C20H23ClN2O4S2. The number of rotatable bonds is 5. The molecule has 1 unspecified atom stereocenters. The SMILES string of the molecule is COC(=O)c1c(NC(=S)Nc2cc(OC)c(Cl)cc2OC)sc2c1CCC(C)C2. The lowest BCUT2D eigenvalue weighted by molar-refractivity contribution is 0.0601. The van der Waals surface area contributed by atoms with E-state index in [4.69, 9.17) is 38.0 Å². The van der Waals surface area contributed by atoms with Crippen LogP contribution in [-0.4, -0.2) is 32.4 Å². The second-order valence-electron chi connectivity index (χ2n) is 6.81. The second kappa shape index (κ2) is 9.19. The van der Waals surface area contributed by atoms with Crippen LogP contribution in [0, 0.1) is 5.92 Å². The van der Waals surface area contributed by atoms with Crippen LogP contribution in [0.25, 0.3) is 0 Å². The van der Waals surface area contributed by atoms with Crippen LogP contribution in [0.3, 0.4) is 0 Å². The van der Waals surface area contributed by atoms with Gasteiger partial charge in [0.2, 0.25) is 0 Å². The van der Waals surface area contributed by atoms with Crippen LogP contribution in [-0.2, 0) is 17.6 Å². The van der Waals surface area contributed by atoms with Gasteiger partial charge in [0.25, 0.3) is 0 Å². The molecule has 3 rings (SSSR count). The van der Waals surface area contributed by atoms with Gasteiger partial charge in [-0.25, -0.2) is 4.79 Å². The minimum Gasteiger partial charge on any atom is -0.495 e. The molecule has 1 atom stereocenters. The molecule has 6 nitrogen and oxygen atoms in total. The maximum Gasteiger partial charge on any atom is 0.341 e. The Hall–Kier alpha value is -2.03. The molecule has 0 radical (unpaired) electrons. The van der Waals surface area contributed by atoms with E-state index in [2.05, 4.69) is 17.6 Å². The van der Waals surface area contributed by atoms with Crippen LogP contribution in [0.15, 0.2) is 12.1 Å². The number of carbonyl (C=O) groups is 1. The van der Waals surface area contributed by atoms with Crippen LogP contribution in [0.1, 0.15) is 34.1 Å². The molecule has 0 saturated carbocycles. The van der Waals surface area contributed by atoms with Gasteiger partial charge in [0.1, 0.15) is 16.5 Å². The highest BCUT2D eigenvalue weighted by atomic mass is 35.5. The number of thiophene rings is 1. The standard InChI is InChI=1S/C20H23ClN2O4S2/c1-10-5-6-11-16(7-10)29-18(17(11)19(24)27-4)23-20(28)22-13-9-14(25-2)12(21)8-15(13)26-3/h8-10H,5-7H2,1-4H3,(H2,22,23,28). The summed E-state index contributed by atoms with van der Waals surface area (Å²) in [7, 11) is 4.47. The summed E-state index contributed by atoms with van der Waals surface area (Å²) in [5.74, 6) is 1.25. The zero-order valence-corrected chi connectivity index (χ0v) is 19.1. The molecular weight excluding hydrogens is 432 g/mol. The molecule has 29 heavy (non-hydrogen) atoms. The molecule has 9 heteroatoms. The molecule has 0 spiro atoms. The van der Waals surface area contributed by atoms with Crippen molar-refractivity contribution >= 4 is 56.9 Å². The van der Waals surface area contributed by atoms with E-state index in [-0.39, 0.29) is 5.97 Å². The monoisotopic (exact) mass is 454 g/mol. The first-order chi connectivity index (χ1) is 13.9. The summed E-state index contributed by atoms with van der Waals surface area (Å²) in [6.07, 6.45) is 2.87. The molecule has 0 saturated heterocycles. The van der Waals surface area contributed by atoms with E-state index in [9.17, 15) is 4.79 Å². The molecule has 156 valence electrons. The van der Waals surface area contributed by atoms with E-state index < -0.39 is 0 Å². The zero-order chi connectivity index (χ0) is 21.1. The Morgan fingerprint density at radius 1 is 1.21 bits per heavy atom. The first-order valence-corrected chi connectivity index (χ1v) is 10.7. The average molecular weight is 455 g/mol. The van der Waals surface area contributed by atoms with Gasteiger partial charge in [-0.05, 0) is 43.0 Å². The fourth-order valence-electron chi connectivity index (χ4n) is 3.37. The molecule has 2 aromatic rings. The number of methoxy groups -OCH3 is 3. The van der Waals surface area contributed by atoms with Gasteiger partial charge in [-0.3, -0.25) is 0 Å². The minimum atomic E-state index is -0.354. The van der Waals surface area contributed by atoms with Gasteiger partial charge in [-0.15, -0.1) is 11.3 Å². The third-order valence-corrected chi connectivity index (χ3v) is 6.52. The number of nitrogens with one attached hydrogen (secondary N) is 2. The number of halogens is 1. The lowest BCUT2D eigenvalue weighted by Crippen LogP contribution is -2.21. The smallest absolute Gasteiger partial charge is 0.341 e. The maximum absolute atomic E-state index is 12.4. The van der Waals surface area contributed by atoms with E-state index in [1.54, 1.807) is 30.6 Å². The Balaban J connectivity index is 1.87. The van der Waals surface area contributed by atoms with Gasteiger partial charge in [0, 0.05) is 17.0 Å². The molecule has 1 aromatic carbocycles. The highest BCUT2D eigenvalue weighted by molar-refractivity contribution is 7.80. The van der Waals surface area contributed by atoms with Gasteiger partial charge < -0.3 is 24.8 Å². The molecule has 1 aliphatic carbocycles. The number of carbonyl (C=O) groups excluding carboxylic acids is 1. The highest BCUT2D eigenvalue weighted by Crippen LogP contribution is 2.40. The lowest BCUT2D eigenvalue weighted by atomic mass is 9.88. The fraction of sp³-hybridized carbons (Fsp3) is 0.400. The van der Waals surface area contributed by atoms with E-state index in [0.717, 1.165) is 24.8 Å². The predicted octanol–water partition coefficient (Wildman–Crippen LogP) is 5.14. The fourth-order valence-corrected chi connectivity index (χ4v) is 5.28. The van der Waals surface area contributed by atoms with Crippen molar-refractivity contribution in [1.29, 1.82) is 0 Å². The normalized spacial score (nSPS) is 15.3. The second-order valence-corrected chi connectivity index (χ2v) is 8.73. The van der Waals surface area contributed by atoms with Gasteiger partial charge in [-0.2, -0.15) is 0 Å². The van der Waals surface area contributed by atoms with Crippen LogP contribution < -0.4 is 20.1 Å². The number of thiocarbonyl (C=S) groups is 1. The average Bonchev–Trinajstić information content (AvgIpc) is 3.04. The topological polar surface area (TPSA) is 68.8 Å². The number of esters is 1. The van der Waals surface area contributed by atoms with Crippen LogP contribution >= 0.6 is 35.2 Å². The number of hydrogen-bond donors (Lipinski definition) is 2. The first kappa shape index (κ1) is 21.7. The summed E-state index contributed by atoms with van der Waals surface area (Å²) in [5.41, 5.74) is 2.24. The summed E-state index contributed by atoms with van der Waals surface area (Å²) in [4.78, 5) is 13.6. The highest BCUT2D eigenvalue weighted by Gasteiger charge is 2.28. The Bertz CT molecular complexity index is 945. The predicted molar refractivity (Wildman–Crippen MR) is 121 cm³/mol. The molecule has 0 bridgehead atoms. The number of anilines is 2. The largest absolute Gasteiger partial charge is 0.495 e.